The van der Waals surface area contributed by atoms with Crippen molar-refractivity contribution in [2.45, 2.75) is 39.7 Å². The second-order valence-electron chi connectivity index (χ2n) is 6.36. The summed E-state index contributed by atoms with van der Waals surface area (Å²) < 4.78 is 5.45. The summed E-state index contributed by atoms with van der Waals surface area (Å²) in [7, 11) is 1.86. The lowest BCUT2D eigenvalue weighted by atomic mass is 9.93. The molecule has 0 amide bonds. The first-order chi connectivity index (χ1) is 13.1. The Bertz CT molecular complexity index is 564. The summed E-state index contributed by atoms with van der Waals surface area (Å²) in [5.74, 6) is 1.82. The van der Waals surface area contributed by atoms with Gasteiger partial charge in [0.1, 0.15) is 6.79 Å². The first kappa shape index (κ1) is 24.6. The maximum absolute atomic E-state index is 8.00. The minimum absolute atomic E-state index is 0.766. The van der Waals surface area contributed by atoms with Gasteiger partial charge in [-0.15, -0.1) is 0 Å². The van der Waals surface area contributed by atoms with Gasteiger partial charge in [-0.05, 0) is 50.8 Å². The van der Waals surface area contributed by atoms with Crippen molar-refractivity contribution in [2.75, 3.05) is 20.3 Å². The number of carbonyl (C=O) groups excluding carboxylic acids is 1. The minimum atomic E-state index is 0.766. The highest BCUT2D eigenvalue weighted by atomic mass is 16.5. The summed E-state index contributed by atoms with van der Waals surface area (Å²) in [4.78, 5) is 14.6. The topological polar surface area (TPSA) is 67.9 Å². The Morgan fingerprint density at radius 3 is 2.33 bits per heavy atom. The molecule has 0 bridgehead atoms. The van der Waals surface area contributed by atoms with Crippen molar-refractivity contribution >= 4 is 12.6 Å². The molecule has 0 saturated carbocycles. The van der Waals surface area contributed by atoms with Crippen LogP contribution in [0.1, 0.15) is 38.7 Å². The van der Waals surface area contributed by atoms with E-state index in [2.05, 4.69) is 72.6 Å². The number of allylic oxidation sites excluding steroid dienone is 1. The number of aliphatic imine (C=N–C) groups is 1. The number of nitrogens with zero attached hydrogens (tertiary/aromatic N) is 2. The molecule has 2 rings (SSSR count). The largest absolute Gasteiger partial charge is 0.405 e. The molecule has 1 fully saturated rings. The molecule has 0 spiro atoms. The molecule has 1 aliphatic heterocycles. The van der Waals surface area contributed by atoms with Gasteiger partial charge in [0.15, 0.2) is 0 Å². The third kappa shape index (κ3) is 11.0. The Labute approximate surface area is 164 Å². The molecule has 27 heavy (non-hydrogen) atoms. The number of amidine groups is 1. The van der Waals surface area contributed by atoms with Gasteiger partial charge in [0, 0.05) is 33.0 Å². The normalized spacial score (nSPS) is 14.9. The van der Waals surface area contributed by atoms with Crippen molar-refractivity contribution in [1.29, 1.82) is 0 Å². The summed E-state index contributed by atoms with van der Waals surface area (Å²) >= 11 is 0. The number of rotatable bonds is 5. The molecule has 2 N–H and O–H groups in total. The van der Waals surface area contributed by atoms with Gasteiger partial charge in [-0.3, -0.25) is 4.99 Å². The second kappa shape index (κ2) is 15.8. The van der Waals surface area contributed by atoms with Crippen LogP contribution in [0.2, 0.25) is 0 Å². The number of benzene rings is 1. The van der Waals surface area contributed by atoms with E-state index in [-0.39, 0.29) is 0 Å². The molecule has 0 aliphatic carbocycles. The quantitative estimate of drug-likeness (QED) is 0.621. The van der Waals surface area contributed by atoms with Gasteiger partial charge in [-0.1, -0.05) is 42.5 Å². The lowest BCUT2D eigenvalue weighted by Gasteiger charge is -2.25. The zero-order chi connectivity index (χ0) is 20.5. The monoisotopic (exact) mass is 373 g/mol. The summed E-state index contributed by atoms with van der Waals surface area (Å²) in [6.45, 7) is 12.1. The molecule has 1 aromatic rings. The molecule has 1 aliphatic rings. The zero-order valence-corrected chi connectivity index (χ0v) is 17.1. The number of nitrogens with two attached hydrogens (primary N) is 1. The van der Waals surface area contributed by atoms with Crippen LogP contribution in [0.5, 0.6) is 0 Å². The maximum atomic E-state index is 8.00. The van der Waals surface area contributed by atoms with E-state index >= 15 is 0 Å². The van der Waals surface area contributed by atoms with E-state index in [0.717, 1.165) is 37.9 Å². The first-order valence-corrected chi connectivity index (χ1v) is 9.21. The van der Waals surface area contributed by atoms with Crippen LogP contribution in [-0.4, -0.2) is 37.8 Å². The van der Waals surface area contributed by atoms with Crippen molar-refractivity contribution in [3.8, 4) is 0 Å². The van der Waals surface area contributed by atoms with Gasteiger partial charge in [0.05, 0.1) is 5.84 Å². The summed E-state index contributed by atoms with van der Waals surface area (Å²) in [6, 6.07) is 10.6. The van der Waals surface area contributed by atoms with E-state index in [4.69, 9.17) is 9.53 Å². The molecule has 0 aromatic heterocycles. The van der Waals surface area contributed by atoms with E-state index in [0.29, 0.717) is 0 Å². The number of carbonyl (C=O) groups is 1. The second-order valence-corrected chi connectivity index (χ2v) is 6.36. The smallest absolute Gasteiger partial charge is 0.106 e. The lowest BCUT2D eigenvalue weighted by Crippen LogP contribution is -2.23. The van der Waals surface area contributed by atoms with E-state index in [9.17, 15) is 0 Å². The average molecular weight is 374 g/mol. The predicted molar refractivity (Wildman–Crippen MR) is 114 cm³/mol. The first-order valence-electron chi connectivity index (χ1n) is 9.21. The van der Waals surface area contributed by atoms with Crippen molar-refractivity contribution in [1.82, 2.24) is 4.90 Å². The number of ether oxygens (including phenoxy) is 1. The van der Waals surface area contributed by atoms with E-state index in [1.165, 1.54) is 30.2 Å². The molecule has 5 nitrogen and oxygen atoms in total. The van der Waals surface area contributed by atoms with Crippen molar-refractivity contribution in [2.24, 2.45) is 16.6 Å². The van der Waals surface area contributed by atoms with Gasteiger partial charge < -0.3 is 20.2 Å². The van der Waals surface area contributed by atoms with Crippen LogP contribution in [-0.2, 0) is 16.1 Å². The fraction of sp³-hybridized carbons (Fsp3) is 0.455. The highest BCUT2D eigenvalue weighted by Gasteiger charge is 2.14. The Morgan fingerprint density at radius 2 is 1.81 bits per heavy atom. The number of hydrogen-bond acceptors (Lipinski definition) is 4. The van der Waals surface area contributed by atoms with Gasteiger partial charge in [-0.25, -0.2) is 0 Å². The Kier molecular flexibility index (Phi) is 14.4. The third-order valence-corrected chi connectivity index (χ3v) is 4.26. The van der Waals surface area contributed by atoms with Gasteiger partial charge >= 0.3 is 0 Å². The highest BCUT2D eigenvalue weighted by molar-refractivity contribution is 5.80. The molecule has 0 unspecified atom stereocenters. The van der Waals surface area contributed by atoms with Crippen LogP contribution in [0, 0.1) is 5.92 Å². The van der Waals surface area contributed by atoms with E-state index < -0.39 is 0 Å². The molecule has 5 heteroatoms. The molecule has 0 atom stereocenters. The van der Waals surface area contributed by atoms with Gasteiger partial charge in [0.25, 0.3) is 0 Å². The van der Waals surface area contributed by atoms with Crippen LogP contribution >= 0.6 is 0 Å². The molecular formula is C22H35N3O2. The lowest BCUT2D eigenvalue weighted by molar-refractivity contribution is -0.0979. The van der Waals surface area contributed by atoms with E-state index in [1.807, 2.05) is 13.8 Å². The predicted octanol–water partition coefficient (Wildman–Crippen LogP) is 4.16. The molecule has 150 valence electrons. The fourth-order valence-electron chi connectivity index (χ4n) is 2.89. The average Bonchev–Trinajstić information content (AvgIpc) is 2.70. The molecule has 0 radical (unpaired) electrons. The van der Waals surface area contributed by atoms with Crippen molar-refractivity contribution in [3.63, 3.8) is 0 Å². The van der Waals surface area contributed by atoms with Crippen LogP contribution in [0.4, 0.5) is 0 Å². The highest BCUT2D eigenvalue weighted by Crippen LogP contribution is 2.23. The van der Waals surface area contributed by atoms with Crippen molar-refractivity contribution < 1.29 is 9.53 Å². The van der Waals surface area contributed by atoms with Crippen LogP contribution in [0.15, 0.2) is 59.9 Å². The minimum Gasteiger partial charge on any atom is -0.405 e. The zero-order valence-electron chi connectivity index (χ0n) is 17.1. The summed E-state index contributed by atoms with van der Waals surface area (Å²) in [5, 5.41) is 0. The summed E-state index contributed by atoms with van der Waals surface area (Å²) in [5.41, 5.74) is 7.34. The van der Waals surface area contributed by atoms with Crippen LogP contribution in [0.25, 0.3) is 0 Å². The third-order valence-electron chi connectivity index (χ3n) is 4.26. The fourth-order valence-corrected chi connectivity index (χ4v) is 2.89. The summed E-state index contributed by atoms with van der Waals surface area (Å²) in [6.07, 6.45) is 7.05. The van der Waals surface area contributed by atoms with Gasteiger partial charge in [0.2, 0.25) is 0 Å². The Morgan fingerprint density at radius 1 is 1.26 bits per heavy atom. The van der Waals surface area contributed by atoms with Crippen LogP contribution < -0.4 is 5.73 Å². The standard InChI is InChI=1S/C19H28N2O.C2H5N.CH2O/c1-16(13-18-9-11-22-12-10-18)14-21(17(2)20-3)15-19-7-5-4-6-8-19;1-2-3;1-2/h4-8,14,18H,9-13,15H2,1-3H3;2H,1,3H2;1H2/b16-14+,20-17?;;. The molecule has 1 aromatic carbocycles. The SMILES string of the molecule is C=CN.C=O.CN=C(C)N(/C=C(\C)CC1CCOCC1)Cc1ccccc1. The Balaban J connectivity index is 0.00000123. The van der Waals surface area contributed by atoms with E-state index in [1.54, 1.807) is 0 Å². The number of hydrogen-bond donors (Lipinski definition) is 1. The van der Waals surface area contributed by atoms with Gasteiger partial charge in [-0.2, -0.15) is 0 Å². The van der Waals surface area contributed by atoms with Crippen LogP contribution in [0.3, 0.4) is 0 Å². The van der Waals surface area contributed by atoms with Crippen molar-refractivity contribution in [3.05, 3.63) is 60.4 Å². The molecule has 1 heterocycles. The maximum Gasteiger partial charge on any atom is 0.106 e. The Hall–Kier alpha value is -2.40. The molecular weight excluding hydrogens is 338 g/mol. The molecule has 1 saturated heterocycles.